The molecule has 7 nitrogen and oxygen atoms in total. The zero-order chi connectivity index (χ0) is 16.9. The Labute approximate surface area is 139 Å². The number of nitro benzene ring substituents is 1. The summed E-state index contributed by atoms with van der Waals surface area (Å²) in [4.78, 5) is 13.1. The van der Waals surface area contributed by atoms with E-state index in [1.807, 2.05) is 18.2 Å². The smallest absolute Gasteiger partial charge is 0.292 e. The third kappa shape index (κ3) is 3.39. The molecule has 1 N–H and O–H groups in total. The van der Waals surface area contributed by atoms with E-state index >= 15 is 0 Å². The van der Waals surface area contributed by atoms with Crippen LogP contribution in [0.4, 0.5) is 11.4 Å². The number of rotatable bonds is 6. The van der Waals surface area contributed by atoms with Crippen LogP contribution in [0.2, 0.25) is 0 Å². The van der Waals surface area contributed by atoms with Crippen LogP contribution in [0.1, 0.15) is 30.2 Å². The van der Waals surface area contributed by atoms with Gasteiger partial charge in [0, 0.05) is 12.6 Å². The van der Waals surface area contributed by atoms with Crippen molar-refractivity contribution in [2.75, 3.05) is 25.0 Å². The Morgan fingerprint density at radius 2 is 2.17 bits per heavy atom. The van der Waals surface area contributed by atoms with Crippen molar-refractivity contribution in [3.63, 3.8) is 0 Å². The Kier molecular flexibility index (Phi) is 4.77. The summed E-state index contributed by atoms with van der Waals surface area (Å²) in [5, 5.41) is 23.4. The van der Waals surface area contributed by atoms with Crippen LogP contribution in [-0.2, 0) is 0 Å². The summed E-state index contributed by atoms with van der Waals surface area (Å²) >= 11 is 0. The molecule has 1 aliphatic heterocycles. The fourth-order valence-electron chi connectivity index (χ4n) is 3.06. The van der Waals surface area contributed by atoms with Gasteiger partial charge >= 0.3 is 0 Å². The minimum absolute atomic E-state index is 0.00726. The van der Waals surface area contributed by atoms with Crippen LogP contribution in [-0.4, -0.2) is 29.5 Å². The second kappa shape index (κ2) is 7.15. The summed E-state index contributed by atoms with van der Waals surface area (Å²) in [6.07, 6.45) is 3.92. The van der Waals surface area contributed by atoms with Crippen LogP contribution < -0.4 is 5.32 Å². The number of hydrogen-bond acceptors (Lipinski definition) is 6. The van der Waals surface area contributed by atoms with Crippen molar-refractivity contribution in [1.82, 2.24) is 4.90 Å². The first-order valence-corrected chi connectivity index (χ1v) is 7.89. The van der Waals surface area contributed by atoms with Gasteiger partial charge in [-0.05, 0) is 50.2 Å². The molecule has 1 aliphatic rings. The maximum absolute atomic E-state index is 11.2. The first-order valence-electron chi connectivity index (χ1n) is 7.89. The number of nitrogens with one attached hydrogen (secondary N) is 1. The van der Waals surface area contributed by atoms with Gasteiger partial charge in [0.25, 0.3) is 5.69 Å². The lowest BCUT2D eigenvalue weighted by atomic mass is 10.1. The summed E-state index contributed by atoms with van der Waals surface area (Å²) in [7, 11) is 0. The van der Waals surface area contributed by atoms with E-state index < -0.39 is 4.92 Å². The molecule has 0 aliphatic carbocycles. The van der Waals surface area contributed by atoms with E-state index in [4.69, 9.17) is 9.68 Å². The molecule has 1 unspecified atom stereocenters. The van der Waals surface area contributed by atoms with Crippen LogP contribution in [0.3, 0.4) is 0 Å². The van der Waals surface area contributed by atoms with Crippen LogP contribution in [0.15, 0.2) is 41.0 Å². The normalized spacial score (nSPS) is 15.8. The molecule has 24 heavy (non-hydrogen) atoms. The Bertz CT molecular complexity index is 746. The number of anilines is 1. The Hall–Kier alpha value is -2.85. The summed E-state index contributed by atoms with van der Waals surface area (Å²) in [6, 6.07) is 10.1. The van der Waals surface area contributed by atoms with Gasteiger partial charge in [-0.1, -0.05) is 0 Å². The monoisotopic (exact) mass is 326 g/mol. The lowest BCUT2D eigenvalue weighted by Crippen LogP contribution is -2.30. The average molecular weight is 326 g/mol. The molecule has 1 aromatic carbocycles. The molecule has 1 atom stereocenters. The maximum atomic E-state index is 11.2. The number of nitriles is 1. The van der Waals surface area contributed by atoms with Gasteiger partial charge in [-0.2, -0.15) is 5.26 Å². The van der Waals surface area contributed by atoms with Crippen LogP contribution in [0, 0.1) is 21.4 Å². The predicted molar refractivity (Wildman–Crippen MR) is 88.6 cm³/mol. The molecule has 1 saturated heterocycles. The van der Waals surface area contributed by atoms with Crippen molar-refractivity contribution < 1.29 is 9.34 Å². The van der Waals surface area contributed by atoms with Gasteiger partial charge in [-0.25, -0.2) is 0 Å². The van der Waals surface area contributed by atoms with E-state index in [1.165, 1.54) is 18.2 Å². The first kappa shape index (κ1) is 16.0. The van der Waals surface area contributed by atoms with E-state index in [0.717, 1.165) is 31.7 Å². The number of nitrogens with zero attached hydrogens (tertiary/aromatic N) is 3. The summed E-state index contributed by atoms with van der Waals surface area (Å²) in [5.41, 5.74) is 0.710. The van der Waals surface area contributed by atoms with Crippen molar-refractivity contribution in [2.24, 2.45) is 0 Å². The highest BCUT2D eigenvalue weighted by molar-refractivity contribution is 5.64. The lowest BCUT2D eigenvalue weighted by Gasteiger charge is -2.26. The van der Waals surface area contributed by atoms with Gasteiger partial charge in [0.15, 0.2) is 0 Å². The van der Waals surface area contributed by atoms with Gasteiger partial charge in [0.1, 0.15) is 11.4 Å². The SMILES string of the molecule is N#Cc1ccc([N+](=O)[O-])c(NCC(c2ccco2)N2CCCC2)c1. The molecule has 1 aromatic heterocycles. The molecule has 0 bridgehead atoms. The number of likely N-dealkylation sites (tertiary alicyclic amines) is 1. The summed E-state index contributed by atoms with van der Waals surface area (Å²) in [5.74, 6) is 0.837. The molecule has 0 radical (unpaired) electrons. The number of nitro groups is 1. The molecule has 0 amide bonds. The van der Waals surface area contributed by atoms with Crippen molar-refractivity contribution >= 4 is 11.4 Å². The van der Waals surface area contributed by atoms with Gasteiger partial charge in [-0.15, -0.1) is 0 Å². The maximum Gasteiger partial charge on any atom is 0.292 e. The summed E-state index contributed by atoms with van der Waals surface area (Å²) in [6.45, 7) is 2.43. The molecule has 0 saturated carbocycles. The Balaban J connectivity index is 1.82. The Morgan fingerprint density at radius 1 is 1.38 bits per heavy atom. The topological polar surface area (TPSA) is 95.3 Å². The van der Waals surface area contributed by atoms with E-state index in [9.17, 15) is 10.1 Å². The second-order valence-corrected chi connectivity index (χ2v) is 5.76. The first-order chi connectivity index (χ1) is 11.7. The minimum Gasteiger partial charge on any atom is -0.468 e. The third-order valence-corrected chi connectivity index (χ3v) is 4.26. The standard InChI is InChI=1S/C17H18N4O3/c18-11-13-5-6-15(21(22)23)14(10-13)19-12-16(17-4-3-9-24-17)20-7-1-2-8-20/h3-6,9-10,16,19H,1-2,7-8,12H2. The van der Waals surface area contributed by atoms with Crippen LogP contribution in [0.25, 0.3) is 0 Å². The molecular weight excluding hydrogens is 308 g/mol. The van der Waals surface area contributed by atoms with Gasteiger partial charge in [-0.3, -0.25) is 15.0 Å². The van der Waals surface area contributed by atoms with Crippen LogP contribution in [0.5, 0.6) is 0 Å². The van der Waals surface area contributed by atoms with E-state index in [-0.39, 0.29) is 11.7 Å². The fraction of sp³-hybridized carbons (Fsp3) is 0.353. The predicted octanol–water partition coefficient (Wildman–Crippen LogP) is 3.31. The fourth-order valence-corrected chi connectivity index (χ4v) is 3.06. The number of benzene rings is 1. The van der Waals surface area contributed by atoms with E-state index in [0.29, 0.717) is 17.8 Å². The molecule has 3 rings (SSSR count). The molecule has 2 heterocycles. The number of furan rings is 1. The van der Waals surface area contributed by atoms with Gasteiger partial charge < -0.3 is 9.73 Å². The summed E-state index contributed by atoms with van der Waals surface area (Å²) < 4.78 is 5.55. The largest absolute Gasteiger partial charge is 0.468 e. The average Bonchev–Trinajstić information content (AvgIpc) is 3.29. The molecule has 7 heteroatoms. The highest BCUT2D eigenvalue weighted by Gasteiger charge is 2.26. The quantitative estimate of drug-likeness (QED) is 0.646. The van der Waals surface area contributed by atoms with Gasteiger partial charge in [0.2, 0.25) is 0 Å². The van der Waals surface area contributed by atoms with Crippen molar-refractivity contribution in [1.29, 1.82) is 5.26 Å². The van der Waals surface area contributed by atoms with Crippen molar-refractivity contribution in [3.05, 3.63) is 58.0 Å². The highest BCUT2D eigenvalue weighted by Crippen LogP contribution is 2.29. The molecular formula is C17H18N4O3. The molecule has 124 valence electrons. The van der Waals surface area contributed by atoms with E-state index in [1.54, 1.807) is 6.26 Å². The zero-order valence-corrected chi connectivity index (χ0v) is 13.1. The highest BCUT2D eigenvalue weighted by atomic mass is 16.6. The lowest BCUT2D eigenvalue weighted by molar-refractivity contribution is -0.384. The second-order valence-electron chi connectivity index (χ2n) is 5.76. The van der Waals surface area contributed by atoms with Crippen molar-refractivity contribution in [3.8, 4) is 6.07 Å². The molecule has 2 aromatic rings. The minimum atomic E-state index is -0.443. The van der Waals surface area contributed by atoms with E-state index in [2.05, 4.69) is 10.2 Å². The number of hydrogen-bond donors (Lipinski definition) is 1. The Morgan fingerprint density at radius 3 is 2.79 bits per heavy atom. The molecule has 1 fully saturated rings. The van der Waals surface area contributed by atoms with Crippen molar-refractivity contribution in [2.45, 2.75) is 18.9 Å². The van der Waals surface area contributed by atoms with Gasteiger partial charge in [0.05, 0.1) is 28.9 Å². The molecule has 0 spiro atoms. The van der Waals surface area contributed by atoms with Crippen LogP contribution >= 0.6 is 0 Å². The zero-order valence-electron chi connectivity index (χ0n) is 13.1. The third-order valence-electron chi connectivity index (χ3n) is 4.26.